The Balaban J connectivity index is 1.47. The van der Waals surface area contributed by atoms with E-state index < -0.39 is 0 Å². The van der Waals surface area contributed by atoms with Gasteiger partial charge in [-0.25, -0.2) is 14.5 Å². The van der Waals surface area contributed by atoms with Gasteiger partial charge in [-0.15, -0.1) is 0 Å². The summed E-state index contributed by atoms with van der Waals surface area (Å²) in [6.07, 6.45) is 0. The lowest BCUT2D eigenvalue weighted by Crippen LogP contribution is -2.48. The van der Waals surface area contributed by atoms with Gasteiger partial charge in [-0.3, -0.25) is 4.90 Å². The Morgan fingerprint density at radius 3 is 2.84 bits per heavy atom. The first-order valence-electron chi connectivity index (χ1n) is 8.70. The standard InChI is InChI=1S/C18H26N6O/c1-14(22(3)12-16-7-5-4-6-8-16)11-19-18(25)23-9-10-24-17(13-23)20-15(2)21-24/h4-8,14H,9-13H2,1-3H3,(H,19,25)/t14-/m1/s1. The Bertz CT molecular complexity index is 714. The van der Waals surface area contributed by atoms with Crippen LogP contribution in [0.2, 0.25) is 0 Å². The highest BCUT2D eigenvalue weighted by Gasteiger charge is 2.23. The summed E-state index contributed by atoms with van der Waals surface area (Å²) in [5.74, 6) is 1.61. The number of rotatable bonds is 5. The van der Waals surface area contributed by atoms with Crippen LogP contribution in [0.1, 0.15) is 24.1 Å². The first-order valence-corrected chi connectivity index (χ1v) is 8.70. The predicted octanol–water partition coefficient (Wildman–Crippen LogP) is 1.63. The van der Waals surface area contributed by atoms with Crippen LogP contribution in [0.4, 0.5) is 4.79 Å². The van der Waals surface area contributed by atoms with Crippen LogP contribution < -0.4 is 5.32 Å². The zero-order chi connectivity index (χ0) is 17.8. The molecule has 7 nitrogen and oxygen atoms in total. The lowest BCUT2D eigenvalue weighted by molar-refractivity contribution is 0.173. The lowest BCUT2D eigenvalue weighted by Gasteiger charge is -2.29. The number of nitrogens with one attached hydrogen (secondary N) is 1. The van der Waals surface area contributed by atoms with Gasteiger partial charge in [-0.05, 0) is 26.5 Å². The molecule has 134 valence electrons. The largest absolute Gasteiger partial charge is 0.336 e. The van der Waals surface area contributed by atoms with Gasteiger partial charge in [0.05, 0.1) is 13.1 Å². The summed E-state index contributed by atoms with van der Waals surface area (Å²) in [6.45, 7) is 7.36. The highest BCUT2D eigenvalue weighted by atomic mass is 16.2. The van der Waals surface area contributed by atoms with Crippen molar-refractivity contribution in [1.82, 2.24) is 29.9 Å². The summed E-state index contributed by atoms with van der Waals surface area (Å²) in [5.41, 5.74) is 1.27. The topological polar surface area (TPSA) is 66.3 Å². The predicted molar refractivity (Wildman–Crippen MR) is 95.9 cm³/mol. The fraction of sp³-hybridized carbons (Fsp3) is 0.500. The van der Waals surface area contributed by atoms with Crippen molar-refractivity contribution in [2.24, 2.45) is 0 Å². The van der Waals surface area contributed by atoms with E-state index in [1.807, 2.05) is 29.8 Å². The zero-order valence-corrected chi connectivity index (χ0v) is 15.1. The lowest BCUT2D eigenvalue weighted by atomic mass is 10.2. The quantitative estimate of drug-likeness (QED) is 0.897. The third-order valence-electron chi connectivity index (χ3n) is 4.63. The molecule has 1 aliphatic heterocycles. The van der Waals surface area contributed by atoms with Crippen LogP contribution in [-0.2, 0) is 19.6 Å². The van der Waals surface area contributed by atoms with Crippen molar-refractivity contribution in [2.45, 2.75) is 39.5 Å². The van der Waals surface area contributed by atoms with E-state index in [1.54, 1.807) is 4.90 Å². The molecule has 0 bridgehead atoms. The molecule has 0 fully saturated rings. The summed E-state index contributed by atoms with van der Waals surface area (Å²) < 4.78 is 1.88. The van der Waals surface area contributed by atoms with Crippen molar-refractivity contribution in [3.63, 3.8) is 0 Å². The van der Waals surface area contributed by atoms with E-state index in [4.69, 9.17) is 0 Å². The minimum Gasteiger partial charge on any atom is -0.336 e. The van der Waals surface area contributed by atoms with Gasteiger partial charge in [0.1, 0.15) is 11.6 Å². The van der Waals surface area contributed by atoms with E-state index in [0.717, 1.165) is 18.2 Å². The van der Waals surface area contributed by atoms with Crippen LogP contribution in [0.25, 0.3) is 0 Å². The van der Waals surface area contributed by atoms with Crippen LogP contribution in [-0.4, -0.2) is 56.8 Å². The number of likely N-dealkylation sites (N-methyl/N-ethyl adjacent to an activating group) is 1. The molecular weight excluding hydrogens is 316 g/mol. The van der Waals surface area contributed by atoms with Crippen molar-refractivity contribution < 1.29 is 4.79 Å². The van der Waals surface area contributed by atoms with Gasteiger partial charge in [-0.2, -0.15) is 5.10 Å². The van der Waals surface area contributed by atoms with Crippen molar-refractivity contribution in [3.05, 3.63) is 47.5 Å². The molecule has 1 N–H and O–H groups in total. The molecule has 1 atom stereocenters. The highest BCUT2D eigenvalue weighted by molar-refractivity contribution is 5.74. The Labute approximate surface area is 148 Å². The Morgan fingerprint density at radius 2 is 2.08 bits per heavy atom. The number of aryl methyl sites for hydroxylation is 1. The second-order valence-electron chi connectivity index (χ2n) is 6.66. The van der Waals surface area contributed by atoms with Crippen molar-refractivity contribution in [3.8, 4) is 0 Å². The number of nitrogens with zero attached hydrogens (tertiary/aromatic N) is 5. The molecule has 2 amide bonds. The first-order chi connectivity index (χ1) is 12.0. The molecule has 0 spiro atoms. The third-order valence-corrected chi connectivity index (χ3v) is 4.63. The second kappa shape index (κ2) is 7.65. The van der Waals surface area contributed by atoms with Crippen LogP contribution in [0.5, 0.6) is 0 Å². The van der Waals surface area contributed by atoms with Crippen LogP contribution in [0.15, 0.2) is 30.3 Å². The Kier molecular flexibility index (Phi) is 5.33. The fourth-order valence-electron chi connectivity index (χ4n) is 2.96. The molecule has 0 aliphatic carbocycles. The number of carbonyl (C=O) groups is 1. The summed E-state index contributed by atoms with van der Waals surface area (Å²) in [4.78, 5) is 20.9. The third kappa shape index (κ3) is 4.36. The van der Waals surface area contributed by atoms with E-state index in [-0.39, 0.29) is 12.1 Å². The van der Waals surface area contributed by atoms with Crippen LogP contribution in [0.3, 0.4) is 0 Å². The smallest absolute Gasteiger partial charge is 0.317 e. The van der Waals surface area contributed by atoms with Gasteiger partial charge >= 0.3 is 6.03 Å². The van der Waals surface area contributed by atoms with E-state index in [9.17, 15) is 4.79 Å². The molecule has 0 radical (unpaired) electrons. The average molecular weight is 342 g/mol. The van der Waals surface area contributed by atoms with Crippen molar-refractivity contribution >= 4 is 6.03 Å². The second-order valence-corrected chi connectivity index (χ2v) is 6.66. The van der Waals surface area contributed by atoms with Crippen molar-refractivity contribution in [1.29, 1.82) is 0 Å². The fourth-order valence-corrected chi connectivity index (χ4v) is 2.96. The molecule has 2 heterocycles. The normalized spacial score (nSPS) is 15.1. The van der Waals surface area contributed by atoms with E-state index >= 15 is 0 Å². The zero-order valence-electron chi connectivity index (χ0n) is 15.1. The first kappa shape index (κ1) is 17.4. The van der Waals surface area contributed by atoms with Crippen LogP contribution in [0, 0.1) is 6.92 Å². The molecular formula is C18H26N6O. The highest BCUT2D eigenvalue weighted by Crippen LogP contribution is 2.10. The number of hydrogen-bond acceptors (Lipinski definition) is 4. The van der Waals surface area contributed by atoms with Gasteiger partial charge in [0.25, 0.3) is 0 Å². The number of urea groups is 1. The van der Waals surface area contributed by atoms with Gasteiger partial charge in [0, 0.05) is 25.7 Å². The number of fused-ring (bicyclic) bond motifs is 1. The molecule has 7 heteroatoms. The molecule has 3 rings (SSSR count). The average Bonchev–Trinajstić information content (AvgIpc) is 2.99. The summed E-state index contributed by atoms with van der Waals surface area (Å²) in [6, 6.07) is 10.6. The van der Waals surface area contributed by atoms with Crippen LogP contribution >= 0.6 is 0 Å². The molecule has 0 saturated carbocycles. The molecule has 2 aromatic rings. The van der Waals surface area contributed by atoms with Gasteiger partial charge in [-0.1, -0.05) is 30.3 Å². The molecule has 0 unspecified atom stereocenters. The number of hydrogen-bond donors (Lipinski definition) is 1. The van der Waals surface area contributed by atoms with E-state index in [1.165, 1.54) is 5.56 Å². The number of amides is 2. The molecule has 25 heavy (non-hydrogen) atoms. The summed E-state index contributed by atoms with van der Waals surface area (Å²) >= 11 is 0. The molecule has 1 aromatic heterocycles. The Hall–Kier alpha value is -2.41. The van der Waals surface area contributed by atoms with E-state index in [0.29, 0.717) is 26.2 Å². The van der Waals surface area contributed by atoms with Gasteiger partial charge in [0.2, 0.25) is 0 Å². The van der Waals surface area contributed by atoms with Gasteiger partial charge in [0.15, 0.2) is 0 Å². The maximum atomic E-state index is 12.4. The van der Waals surface area contributed by atoms with Gasteiger partial charge < -0.3 is 10.2 Å². The maximum Gasteiger partial charge on any atom is 0.317 e. The Morgan fingerprint density at radius 1 is 1.32 bits per heavy atom. The molecule has 1 aliphatic rings. The number of aromatic nitrogens is 3. The summed E-state index contributed by atoms with van der Waals surface area (Å²) in [5, 5.41) is 7.37. The SMILES string of the molecule is Cc1nc2n(n1)CCN(C(=O)NC[C@@H](C)N(C)Cc1ccccc1)C2. The number of carbonyl (C=O) groups excluding carboxylic acids is 1. The maximum absolute atomic E-state index is 12.4. The van der Waals surface area contributed by atoms with Crippen molar-refractivity contribution in [2.75, 3.05) is 20.1 Å². The monoisotopic (exact) mass is 342 g/mol. The molecule has 0 saturated heterocycles. The minimum absolute atomic E-state index is 0.0353. The minimum atomic E-state index is -0.0353. The van der Waals surface area contributed by atoms with E-state index in [2.05, 4.69) is 46.4 Å². The summed E-state index contributed by atoms with van der Waals surface area (Å²) in [7, 11) is 2.08. The molecule has 1 aromatic carbocycles. The number of benzene rings is 1.